The van der Waals surface area contributed by atoms with E-state index in [0.717, 1.165) is 0 Å². The first-order valence-corrected chi connectivity index (χ1v) is 7.58. The smallest absolute Gasteiger partial charge is 0.325 e. The van der Waals surface area contributed by atoms with Crippen LogP contribution in [0.15, 0.2) is 23.2 Å². The van der Waals surface area contributed by atoms with Crippen molar-refractivity contribution in [2.24, 2.45) is 4.99 Å². The number of benzene rings is 1. The van der Waals surface area contributed by atoms with Crippen molar-refractivity contribution in [3.05, 3.63) is 23.8 Å². The molecule has 1 aromatic carbocycles. The second-order valence-electron chi connectivity index (χ2n) is 5.28. The lowest BCUT2D eigenvalue weighted by atomic mass is 10.1. The largest absolute Gasteiger partial charge is 0.508 e. The molecule has 0 amide bonds. The topological polar surface area (TPSA) is 154 Å². The SMILES string of the molecule is CC(O)N(C(C)O)C(C)O.O=C(O)CN=CCc1ccc(O)cc1O. The summed E-state index contributed by atoms with van der Waals surface area (Å²) in [6, 6.07) is 4.22. The van der Waals surface area contributed by atoms with E-state index < -0.39 is 24.7 Å². The second-order valence-corrected chi connectivity index (χ2v) is 5.28. The Morgan fingerprint density at radius 1 is 1.12 bits per heavy atom. The molecule has 0 saturated heterocycles. The van der Waals surface area contributed by atoms with Crippen LogP contribution < -0.4 is 0 Å². The molecule has 0 aliphatic rings. The molecule has 3 atom stereocenters. The highest BCUT2D eigenvalue weighted by molar-refractivity contribution is 5.72. The van der Waals surface area contributed by atoms with E-state index in [4.69, 9.17) is 25.5 Å². The molecule has 9 nitrogen and oxygen atoms in total. The number of aromatic hydroxyl groups is 2. The third-order valence-corrected chi connectivity index (χ3v) is 3.03. The van der Waals surface area contributed by atoms with Crippen LogP contribution in [0.25, 0.3) is 0 Å². The van der Waals surface area contributed by atoms with Crippen LogP contribution in [0.3, 0.4) is 0 Å². The summed E-state index contributed by atoms with van der Waals surface area (Å²) >= 11 is 0. The molecular weight excluding hydrogens is 332 g/mol. The molecule has 142 valence electrons. The van der Waals surface area contributed by atoms with Gasteiger partial charge in [-0.3, -0.25) is 9.79 Å². The lowest BCUT2D eigenvalue weighted by Gasteiger charge is -2.30. The van der Waals surface area contributed by atoms with Gasteiger partial charge in [-0.2, -0.15) is 0 Å². The summed E-state index contributed by atoms with van der Waals surface area (Å²) in [7, 11) is 0. The van der Waals surface area contributed by atoms with Crippen molar-refractivity contribution in [1.29, 1.82) is 0 Å². The van der Waals surface area contributed by atoms with Crippen LogP contribution in [0.5, 0.6) is 11.5 Å². The number of carboxylic acids is 1. The van der Waals surface area contributed by atoms with Crippen LogP contribution in [0.4, 0.5) is 0 Å². The molecule has 0 fully saturated rings. The summed E-state index contributed by atoms with van der Waals surface area (Å²) < 4.78 is 0. The van der Waals surface area contributed by atoms with Crippen molar-refractivity contribution in [3.63, 3.8) is 0 Å². The molecule has 0 aromatic heterocycles. The Morgan fingerprint density at radius 3 is 2.00 bits per heavy atom. The van der Waals surface area contributed by atoms with Crippen LogP contribution >= 0.6 is 0 Å². The zero-order valence-corrected chi connectivity index (χ0v) is 14.4. The first-order chi connectivity index (χ1) is 11.6. The van der Waals surface area contributed by atoms with Crippen LogP contribution in [-0.4, -0.2) is 73.0 Å². The van der Waals surface area contributed by atoms with Gasteiger partial charge in [0.2, 0.25) is 0 Å². The lowest BCUT2D eigenvalue weighted by Crippen LogP contribution is -2.45. The van der Waals surface area contributed by atoms with Crippen molar-refractivity contribution in [3.8, 4) is 11.5 Å². The molecular formula is C16H26N2O7. The highest BCUT2D eigenvalue weighted by Gasteiger charge is 2.20. The number of phenolic OH excluding ortho intramolecular Hbond substituents is 2. The fourth-order valence-electron chi connectivity index (χ4n) is 1.97. The average Bonchev–Trinajstić information content (AvgIpc) is 2.44. The molecule has 1 rings (SSSR count). The number of hydrogen-bond donors (Lipinski definition) is 6. The number of rotatable bonds is 7. The van der Waals surface area contributed by atoms with Gasteiger partial charge in [0.05, 0.1) is 0 Å². The first kappa shape index (κ1) is 22.8. The maximum Gasteiger partial charge on any atom is 0.325 e. The molecule has 0 bridgehead atoms. The third-order valence-electron chi connectivity index (χ3n) is 3.03. The van der Waals surface area contributed by atoms with Gasteiger partial charge in [0.15, 0.2) is 0 Å². The molecule has 9 heteroatoms. The van der Waals surface area contributed by atoms with Gasteiger partial charge in [0.25, 0.3) is 0 Å². The maximum absolute atomic E-state index is 10.1. The number of aliphatic imine (C=N–C) groups is 1. The van der Waals surface area contributed by atoms with Gasteiger partial charge in [0.1, 0.15) is 36.7 Å². The molecule has 0 aliphatic heterocycles. The average molecular weight is 358 g/mol. The number of phenols is 2. The van der Waals surface area contributed by atoms with E-state index in [1.54, 1.807) is 6.07 Å². The Hall–Kier alpha value is -2.20. The van der Waals surface area contributed by atoms with Crippen LogP contribution in [0.1, 0.15) is 26.3 Å². The zero-order chi connectivity index (χ0) is 19.6. The van der Waals surface area contributed by atoms with Crippen molar-refractivity contribution in [2.75, 3.05) is 6.54 Å². The Balaban J connectivity index is 0.000000504. The first-order valence-electron chi connectivity index (χ1n) is 7.58. The monoisotopic (exact) mass is 358 g/mol. The second kappa shape index (κ2) is 11.4. The molecule has 3 unspecified atom stereocenters. The number of nitrogens with zero attached hydrogens (tertiary/aromatic N) is 2. The van der Waals surface area contributed by atoms with Crippen molar-refractivity contribution in [2.45, 2.75) is 45.9 Å². The zero-order valence-electron chi connectivity index (χ0n) is 14.4. The van der Waals surface area contributed by atoms with Crippen LogP contribution in [0.2, 0.25) is 0 Å². The summed E-state index contributed by atoms with van der Waals surface area (Å²) in [5, 5.41) is 53.6. The Morgan fingerprint density at radius 2 is 1.64 bits per heavy atom. The predicted molar refractivity (Wildman–Crippen MR) is 91.4 cm³/mol. The molecule has 0 spiro atoms. The van der Waals surface area contributed by atoms with Gasteiger partial charge in [-0.1, -0.05) is 6.07 Å². The van der Waals surface area contributed by atoms with Gasteiger partial charge in [-0.25, -0.2) is 4.90 Å². The standard InChI is InChI=1S/C10H11NO4.C6H15NO3/c12-8-2-1-7(9(13)5-8)3-4-11-6-10(14)15;1-4(8)7(5(2)9)6(3)10/h1-2,4-5,12-13H,3,6H2,(H,14,15);4-6,8-10H,1-3H3. The Bertz CT molecular complexity index is 540. The highest BCUT2D eigenvalue weighted by Crippen LogP contribution is 2.22. The van der Waals surface area contributed by atoms with E-state index in [-0.39, 0.29) is 18.0 Å². The lowest BCUT2D eigenvalue weighted by molar-refractivity contribution is -0.159. The maximum atomic E-state index is 10.1. The van der Waals surface area contributed by atoms with E-state index in [1.165, 1.54) is 44.0 Å². The van der Waals surface area contributed by atoms with Gasteiger partial charge in [-0.05, 0) is 32.4 Å². The van der Waals surface area contributed by atoms with Crippen LogP contribution in [-0.2, 0) is 11.2 Å². The number of aliphatic hydroxyl groups excluding tert-OH is 3. The van der Waals surface area contributed by atoms with E-state index in [2.05, 4.69) is 4.99 Å². The molecule has 0 saturated carbocycles. The van der Waals surface area contributed by atoms with Crippen molar-refractivity contribution >= 4 is 12.2 Å². The van der Waals surface area contributed by atoms with E-state index >= 15 is 0 Å². The summed E-state index contributed by atoms with van der Waals surface area (Å²) in [6.07, 6.45) is -0.750. The number of aliphatic hydroxyl groups is 3. The fourth-order valence-corrected chi connectivity index (χ4v) is 1.97. The summed E-state index contributed by atoms with van der Waals surface area (Å²) in [6.45, 7) is 4.18. The predicted octanol–water partition coefficient (Wildman–Crippen LogP) is 0.0990. The Kier molecular flexibility index (Phi) is 10.4. The molecule has 0 aliphatic carbocycles. The van der Waals surface area contributed by atoms with Gasteiger partial charge < -0.3 is 30.6 Å². The van der Waals surface area contributed by atoms with Gasteiger partial charge >= 0.3 is 5.97 Å². The molecule has 25 heavy (non-hydrogen) atoms. The normalized spacial score (nSPS) is 14.7. The molecule has 1 aromatic rings. The fraction of sp³-hybridized carbons (Fsp3) is 0.500. The third kappa shape index (κ3) is 9.62. The van der Waals surface area contributed by atoms with Crippen molar-refractivity contribution in [1.82, 2.24) is 4.90 Å². The van der Waals surface area contributed by atoms with E-state index in [9.17, 15) is 9.90 Å². The van der Waals surface area contributed by atoms with E-state index in [1.807, 2.05) is 0 Å². The summed E-state index contributed by atoms with van der Waals surface area (Å²) in [5.74, 6) is -1.04. The highest BCUT2D eigenvalue weighted by atomic mass is 16.4. The quantitative estimate of drug-likeness (QED) is 0.296. The minimum atomic E-state index is -0.999. The summed E-state index contributed by atoms with van der Waals surface area (Å²) in [4.78, 5) is 14.9. The Labute approximate surface area is 146 Å². The number of aliphatic carboxylic acids is 1. The van der Waals surface area contributed by atoms with Gasteiger partial charge in [-0.15, -0.1) is 0 Å². The van der Waals surface area contributed by atoms with E-state index in [0.29, 0.717) is 12.0 Å². The van der Waals surface area contributed by atoms with Gasteiger partial charge in [0, 0.05) is 18.7 Å². The minimum Gasteiger partial charge on any atom is -0.508 e. The molecule has 6 N–H and O–H groups in total. The number of carbonyl (C=O) groups is 1. The van der Waals surface area contributed by atoms with Crippen molar-refractivity contribution < 1.29 is 35.4 Å². The molecule has 0 heterocycles. The minimum absolute atomic E-state index is 0.0151. The van der Waals surface area contributed by atoms with Crippen LogP contribution in [0, 0.1) is 0 Å². The number of carboxylic acid groups (broad SMARTS) is 1. The summed E-state index contributed by atoms with van der Waals surface area (Å²) in [5.41, 5.74) is 0.585. The number of hydrogen-bond acceptors (Lipinski definition) is 8. The molecule has 0 radical (unpaired) electrons.